The number of nitrogens with one attached hydrogen (secondary N) is 1. The predicted octanol–water partition coefficient (Wildman–Crippen LogP) is 3.91. The van der Waals surface area contributed by atoms with Gasteiger partial charge >= 0.3 is 12.1 Å². The number of methoxy groups -OCH3 is 1. The number of benzene rings is 2. The topological polar surface area (TPSA) is 77.1 Å². The first kappa shape index (κ1) is 24.7. The normalized spacial score (nSPS) is 20.5. The summed E-state index contributed by atoms with van der Waals surface area (Å²) in [4.78, 5) is 27.7. The summed E-state index contributed by atoms with van der Waals surface area (Å²) < 4.78 is 16.8. The number of hydrogen-bond acceptors (Lipinski definition) is 6. The zero-order chi connectivity index (χ0) is 23.9. The summed E-state index contributed by atoms with van der Waals surface area (Å²) in [5, 5.41) is 3.47. The Morgan fingerprint density at radius 2 is 1.64 bits per heavy atom. The summed E-state index contributed by atoms with van der Waals surface area (Å²) in [6.45, 7) is 6.68. The summed E-state index contributed by atoms with van der Waals surface area (Å²) in [5.41, 5.74) is 0.134. The second-order valence-corrected chi connectivity index (χ2v) is 9.36. The molecule has 7 nitrogen and oxygen atoms in total. The van der Waals surface area contributed by atoms with Crippen LogP contribution in [0.4, 0.5) is 4.79 Å². The van der Waals surface area contributed by atoms with Crippen molar-refractivity contribution in [3.63, 3.8) is 0 Å². The fraction of sp³-hybridized carbons (Fsp3) is 0.462. The quantitative estimate of drug-likeness (QED) is 0.610. The maximum atomic E-state index is 13.2. The summed E-state index contributed by atoms with van der Waals surface area (Å²) in [5.74, 6) is -0.509. The zero-order valence-corrected chi connectivity index (χ0v) is 19.9. The van der Waals surface area contributed by atoms with Crippen LogP contribution >= 0.6 is 0 Å². The van der Waals surface area contributed by atoms with Crippen LogP contribution in [0.2, 0.25) is 0 Å². The molecule has 0 saturated carbocycles. The maximum Gasteiger partial charge on any atom is 0.411 e. The van der Waals surface area contributed by atoms with Crippen molar-refractivity contribution in [1.29, 1.82) is 0 Å². The molecule has 1 unspecified atom stereocenters. The molecular formula is C26H34N2O5. The number of esters is 1. The number of hydrogen-bond donors (Lipinski definition) is 1. The minimum atomic E-state index is -1.28. The van der Waals surface area contributed by atoms with Gasteiger partial charge < -0.3 is 19.5 Å². The first-order valence-corrected chi connectivity index (χ1v) is 11.2. The Bertz CT molecular complexity index is 913. The van der Waals surface area contributed by atoms with Crippen molar-refractivity contribution < 1.29 is 23.8 Å². The molecule has 0 bridgehead atoms. The van der Waals surface area contributed by atoms with Crippen LogP contribution < -0.4 is 5.32 Å². The minimum Gasteiger partial charge on any atom is -0.467 e. The van der Waals surface area contributed by atoms with E-state index in [9.17, 15) is 9.59 Å². The van der Waals surface area contributed by atoms with Gasteiger partial charge in [-0.25, -0.2) is 9.59 Å². The molecule has 1 fully saturated rings. The summed E-state index contributed by atoms with van der Waals surface area (Å²) >= 11 is 0. The average molecular weight is 455 g/mol. The molecule has 1 heterocycles. The molecule has 0 aliphatic carbocycles. The van der Waals surface area contributed by atoms with Crippen LogP contribution in [-0.2, 0) is 32.2 Å². The molecule has 2 atom stereocenters. The van der Waals surface area contributed by atoms with Gasteiger partial charge in [0.2, 0.25) is 0 Å². The van der Waals surface area contributed by atoms with Crippen LogP contribution in [0.1, 0.15) is 38.3 Å². The lowest BCUT2D eigenvalue weighted by Gasteiger charge is -2.36. The highest BCUT2D eigenvalue weighted by Gasteiger charge is 2.55. The van der Waals surface area contributed by atoms with E-state index in [1.54, 1.807) is 20.8 Å². The Kier molecular flexibility index (Phi) is 8.10. The molecule has 1 saturated heterocycles. The second kappa shape index (κ2) is 10.8. The lowest BCUT2D eigenvalue weighted by molar-refractivity contribution is -0.157. The molecule has 3 rings (SSSR count). The number of nitrogens with zero attached hydrogens (tertiary/aromatic N) is 1. The van der Waals surface area contributed by atoms with Crippen LogP contribution in [0.25, 0.3) is 0 Å². The largest absolute Gasteiger partial charge is 0.467 e. The van der Waals surface area contributed by atoms with E-state index in [2.05, 4.69) is 5.32 Å². The molecule has 1 aliphatic heterocycles. The molecule has 2 aromatic carbocycles. The van der Waals surface area contributed by atoms with Crippen molar-refractivity contribution in [2.45, 2.75) is 57.5 Å². The molecule has 0 radical (unpaired) electrons. The van der Waals surface area contributed by atoms with Gasteiger partial charge in [0.25, 0.3) is 0 Å². The molecule has 1 N–H and O–H groups in total. The number of ether oxygens (including phenoxy) is 3. The van der Waals surface area contributed by atoms with E-state index in [4.69, 9.17) is 14.2 Å². The third kappa shape index (κ3) is 6.55. The second-order valence-electron chi connectivity index (χ2n) is 9.36. The number of carbonyl (C=O) groups excluding carboxylic acids is 2. The standard InChI is InChI=1S/C26H34N2O5/c1-25(2,3)33-24(30)28-17-22(27-16-20-11-7-5-8-12-20)15-26(28,23(29)31-4)19-32-18-21-13-9-6-10-14-21/h5-14,22,27H,15-19H2,1-4H3/t22-,26?/m0/s1. The lowest BCUT2D eigenvalue weighted by Crippen LogP contribution is -2.57. The average Bonchev–Trinajstić information content (AvgIpc) is 3.17. The van der Waals surface area contributed by atoms with E-state index in [0.29, 0.717) is 26.1 Å². The van der Waals surface area contributed by atoms with Crippen molar-refractivity contribution in [2.24, 2.45) is 0 Å². The highest BCUT2D eigenvalue weighted by Crippen LogP contribution is 2.33. The molecule has 1 amide bonds. The van der Waals surface area contributed by atoms with Crippen LogP contribution in [-0.4, -0.2) is 54.4 Å². The molecule has 178 valence electrons. The SMILES string of the molecule is COC(=O)C1(COCc2ccccc2)C[C@H](NCc2ccccc2)CN1C(=O)OC(C)(C)C. The van der Waals surface area contributed by atoms with Gasteiger partial charge in [-0.3, -0.25) is 4.90 Å². The molecule has 0 aromatic heterocycles. The van der Waals surface area contributed by atoms with E-state index in [1.807, 2.05) is 60.7 Å². The van der Waals surface area contributed by atoms with E-state index in [-0.39, 0.29) is 12.6 Å². The molecular weight excluding hydrogens is 420 g/mol. The van der Waals surface area contributed by atoms with Crippen LogP contribution in [0.5, 0.6) is 0 Å². The van der Waals surface area contributed by atoms with Crippen LogP contribution in [0.15, 0.2) is 60.7 Å². The van der Waals surface area contributed by atoms with Crippen LogP contribution in [0, 0.1) is 0 Å². The highest BCUT2D eigenvalue weighted by molar-refractivity contribution is 5.87. The summed E-state index contributed by atoms with van der Waals surface area (Å²) in [7, 11) is 1.33. The number of amides is 1. The first-order valence-electron chi connectivity index (χ1n) is 11.2. The van der Waals surface area contributed by atoms with E-state index in [0.717, 1.165) is 11.1 Å². The molecule has 0 spiro atoms. The Hall–Kier alpha value is -2.90. The van der Waals surface area contributed by atoms with Gasteiger partial charge in [0.05, 0.1) is 20.3 Å². The van der Waals surface area contributed by atoms with Crippen molar-refractivity contribution in [2.75, 3.05) is 20.3 Å². The Balaban J connectivity index is 1.80. The van der Waals surface area contributed by atoms with Crippen molar-refractivity contribution in [3.8, 4) is 0 Å². The van der Waals surface area contributed by atoms with Crippen molar-refractivity contribution in [3.05, 3.63) is 71.8 Å². The zero-order valence-electron chi connectivity index (χ0n) is 19.9. The van der Waals surface area contributed by atoms with Crippen molar-refractivity contribution >= 4 is 12.1 Å². The summed E-state index contributed by atoms with van der Waals surface area (Å²) in [6.07, 6.45) is -0.194. The van der Waals surface area contributed by atoms with Crippen LogP contribution in [0.3, 0.4) is 0 Å². The predicted molar refractivity (Wildman–Crippen MR) is 125 cm³/mol. The van der Waals surface area contributed by atoms with Gasteiger partial charge in [0.15, 0.2) is 5.54 Å². The Morgan fingerprint density at radius 1 is 1.03 bits per heavy atom. The third-order valence-electron chi connectivity index (χ3n) is 5.57. The molecule has 1 aliphatic rings. The number of likely N-dealkylation sites (tertiary alicyclic amines) is 1. The highest BCUT2D eigenvalue weighted by atomic mass is 16.6. The smallest absolute Gasteiger partial charge is 0.411 e. The number of carbonyl (C=O) groups is 2. The third-order valence-corrected chi connectivity index (χ3v) is 5.57. The number of rotatable bonds is 8. The molecule has 33 heavy (non-hydrogen) atoms. The Labute approximate surface area is 196 Å². The van der Waals surface area contributed by atoms with E-state index >= 15 is 0 Å². The fourth-order valence-electron chi connectivity index (χ4n) is 4.03. The lowest BCUT2D eigenvalue weighted by atomic mass is 9.95. The van der Waals surface area contributed by atoms with Gasteiger partial charge in [-0.1, -0.05) is 60.7 Å². The maximum absolute atomic E-state index is 13.2. The van der Waals surface area contributed by atoms with E-state index in [1.165, 1.54) is 12.0 Å². The molecule has 2 aromatic rings. The monoisotopic (exact) mass is 454 g/mol. The van der Waals surface area contributed by atoms with E-state index < -0.39 is 23.2 Å². The van der Waals surface area contributed by atoms with Gasteiger partial charge in [-0.2, -0.15) is 0 Å². The minimum absolute atomic E-state index is 0.0112. The summed E-state index contributed by atoms with van der Waals surface area (Å²) in [6, 6.07) is 19.6. The molecule has 7 heteroatoms. The fourth-order valence-corrected chi connectivity index (χ4v) is 4.03. The van der Waals surface area contributed by atoms with Gasteiger partial charge in [0, 0.05) is 25.6 Å². The van der Waals surface area contributed by atoms with Gasteiger partial charge in [0.1, 0.15) is 5.60 Å². The van der Waals surface area contributed by atoms with Gasteiger partial charge in [-0.15, -0.1) is 0 Å². The first-order chi connectivity index (χ1) is 15.7. The van der Waals surface area contributed by atoms with Crippen molar-refractivity contribution in [1.82, 2.24) is 10.2 Å². The van der Waals surface area contributed by atoms with Gasteiger partial charge in [-0.05, 0) is 31.9 Å². The Morgan fingerprint density at radius 3 is 2.21 bits per heavy atom.